The van der Waals surface area contributed by atoms with E-state index in [1.807, 2.05) is 0 Å². The number of alkyl halides is 2. The van der Waals surface area contributed by atoms with Crippen molar-refractivity contribution < 1.29 is 18.4 Å². The van der Waals surface area contributed by atoms with Crippen molar-refractivity contribution in [3.05, 3.63) is 28.2 Å². The molecule has 1 aromatic rings. The highest BCUT2D eigenvalue weighted by Gasteiger charge is 2.38. The van der Waals surface area contributed by atoms with Crippen molar-refractivity contribution in [1.82, 2.24) is 0 Å². The molecule has 0 N–H and O–H groups in total. The van der Waals surface area contributed by atoms with Gasteiger partial charge in [0.05, 0.1) is 17.8 Å². The molecule has 0 saturated heterocycles. The highest BCUT2D eigenvalue weighted by molar-refractivity contribution is 9.10. The molecule has 2 rings (SSSR count). The largest absolute Gasteiger partial charge is 0.299 e. The summed E-state index contributed by atoms with van der Waals surface area (Å²) >= 11 is 3.14. The number of hydrogen-bond donors (Lipinski definition) is 0. The van der Waals surface area contributed by atoms with Crippen LogP contribution in [0.15, 0.2) is 22.7 Å². The van der Waals surface area contributed by atoms with Gasteiger partial charge in [-0.15, -0.1) is 0 Å². The van der Waals surface area contributed by atoms with Crippen molar-refractivity contribution in [2.24, 2.45) is 0 Å². The Hall–Kier alpha value is -1.30. The smallest absolute Gasteiger partial charge is 0.298 e. The highest BCUT2D eigenvalue weighted by atomic mass is 79.9. The molecule has 1 amide bonds. The molecule has 0 unspecified atom stereocenters. The van der Waals surface area contributed by atoms with E-state index in [4.69, 9.17) is 0 Å². The molecule has 0 aromatic heterocycles. The number of anilines is 1. The van der Waals surface area contributed by atoms with E-state index < -0.39 is 24.7 Å². The summed E-state index contributed by atoms with van der Waals surface area (Å²) in [5.41, 5.74) is 0.401. The Kier molecular flexibility index (Phi) is 2.75. The van der Waals surface area contributed by atoms with Crippen LogP contribution in [0.3, 0.4) is 0 Å². The monoisotopic (exact) mass is 289 g/mol. The Balaban J connectivity index is 2.51. The van der Waals surface area contributed by atoms with Crippen LogP contribution in [0.25, 0.3) is 0 Å². The maximum atomic E-state index is 12.3. The summed E-state index contributed by atoms with van der Waals surface area (Å²) in [5, 5.41) is 0. The first-order chi connectivity index (χ1) is 7.52. The number of Topliss-reactive ketones (excluding diaryl/α,β-unsaturated/α-hetero) is 1. The average Bonchev–Trinajstić information content (AvgIpc) is 2.45. The molecule has 0 aliphatic carbocycles. The van der Waals surface area contributed by atoms with Gasteiger partial charge in [-0.3, -0.25) is 14.5 Å². The van der Waals surface area contributed by atoms with Crippen molar-refractivity contribution in [3.8, 4) is 0 Å². The zero-order valence-electron chi connectivity index (χ0n) is 7.91. The second-order valence-corrected chi connectivity index (χ2v) is 4.13. The van der Waals surface area contributed by atoms with Crippen LogP contribution in [-0.2, 0) is 4.79 Å². The van der Waals surface area contributed by atoms with Crippen molar-refractivity contribution in [1.29, 1.82) is 0 Å². The lowest BCUT2D eigenvalue weighted by molar-refractivity contribution is -0.114. The number of benzene rings is 1. The third-order valence-electron chi connectivity index (χ3n) is 2.26. The Morgan fingerprint density at radius 3 is 2.62 bits per heavy atom. The van der Waals surface area contributed by atoms with Gasteiger partial charge in [0, 0.05) is 4.47 Å². The number of hydrogen-bond acceptors (Lipinski definition) is 2. The minimum atomic E-state index is -2.67. The molecule has 0 bridgehead atoms. The standard InChI is InChI=1S/C10H6BrF2NO2/c11-6-3-1-2-5-8(6)14(4-7(12)13)10(16)9(5)15/h1-3,7H,4H2. The fourth-order valence-corrected chi connectivity index (χ4v) is 2.20. The summed E-state index contributed by atoms with van der Waals surface area (Å²) < 4.78 is 25.0. The number of amides is 1. The van der Waals surface area contributed by atoms with Crippen LogP contribution >= 0.6 is 15.9 Å². The molecule has 1 aromatic carbocycles. The van der Waals surface area contributed by atoms with Gasteiger partial charge in [0.25, 0.3) is 18.1 Å². The van der Waals surface area contributed by atoms with Crippen LogP contribution in [0.5, 0.6) is 0 Å². The second-order valence-electron chi connectivity index (χ2n) is 3.27. The predicted octanol–water partition coefficient (Wildman–Crippen LogP) is 2.24. The van der Waals surface area contributed by atoms with E-state index >= 15 is 0 Å². The molecule has 6 heteroatoms. The van der Waals surface area contributed by atoms with Gasteiger partial charge in [-0.1, -0.05) is 6.07 Å². The molecule has 3 nitrogen and oxygen atoms in total. The third kappa shape index (κ3) is 1.63. The van der Waals surface area contributed by atoms with E-state index in [-0.39, 0.29) is 11.3 Å². The summed E-state index contributed by atoms with van der Waals surface area (Å²) in [6.45, 7) is -0.764. The number of carbonyl (C=O) groups excluding carboxylic acids is 2. The number of carbonyl (C=O) groups is 2. The summed E-state index contributed by atoms with van der Waals surface area (Å²) in [6, 6.07) is 4.63. The zero-order chi connectivity index (χ0) is 11.9. The van der Waals surface area contributed by atoms with Crippen molar-refractivity contribution in [3.63, 3.8) is 0 Å². The van der Waals surface area contributed by atoms with Crippen LogP contribution in [0, 0.1) is 0 Å². The molecule has 84 valence electrons. The zero-order valence-corrected chi connectivity index (χ0v) is 9.50. The Morgan fingerprint density at radius 2 is 2.00 bits per heavy atom. The van der Waals surface area contributed by atoms with Crippen molar-refractivity contribution >= 4 is 33.3 Å². The maximum Gasteiger partial charge on any atom is 0.299 e. The highest BCUT2D eigenvalue weighted by Crippen LogP contribution is 2.36. The first-order valence-electron chi connectivity index (χ1n) is 4.45. The number of nitrogens with zero attached hydrogens (tertiary/aromatic N) is 1. The molecule has 1 aliphatic heterocycles. The molecule has 0 saturated carbocycles. The van der Waals surface area contributed by atoms with Gasteiger partial charge in [0.1, 0.15) is 0 Å². The number of para-hydroxylation sites is 1. The van der Waals surface area contributed by atoms with Gasteiger partial charge in [-0.2, -0.15) is 0 Å². The molecule has 0 fully saturated rings. The lowest BCUT2D eigenvalue weighted by atomic mass is 10.1. The van der Waals surface area contributed by atoms with E-state index in [1.54, 1.807) is 12.1 Å². The first kappa shape index (κ1) is 11.2. The van der Waals surface area contributed by atoms with Gasteiger partial charge >= 0.3 is 0 Å². The number of rotatable bonds is 2. The van der Waals surface area contributed by atoms with Crippen LogP contribution in [-0.4, -0.2) is 24.7 Å². The Bertz CT molecular complexity index is 476. The average molecular weight is 290 g/mol. The molecular weight excluding hydrogens is 284 g/mol. The minimum Gasteiger partial charge on any atom is -0.298 e. The molecule has 16 heavy (non-hydrogen) atoms. The SMILES string of the molecule is O=C1C(=O)N(CC(F)F)c2c(Br)cccc21. The van der Waals surface area contributed by atoms with E-state index in [0.29, 0.717) is 4.47 Å². The molecule has 1 heterocycles. The molecule has 0 atom stereocenters. The maximum absolute atomic E-state index is 12.3. The summed E-state index contributed by atoms with van der Waals surface area (Å²) in [6.07, 6.45) is -2.67. The molecule has 0 spiro atoms. The van der Waals surface area contributed by atoms with E-state index in [0.717, 1.165) is 4.90 Å². The fraction of sp³-hybridized carbons (Fsp3) is 0.200. The van der Waals surface area contributed by atoms with Crippen LogP contribution in [0.4, 0.5) is 14.5 Å². The van der Waals surface area contributed by atoms with Gasteiger partial charge in [0.2, 0.25) is 0 Å². The van der Waals surface area contributed by atoms with E-state index in [2.05, 4.69) is 15.9 Å². The lowest BCUT2D eigenvalue weighted by Crippen LogP contribution is -2.34. The van der Waals surface area contributed by atoms with Crippen molar-refractivity contribution in [2.45, 2.75) is 6.43 Å². The number of ketones is 1. The number of fused-ring (bicyclic) bond motifs is 1. The van der Waals surface area contributed by atoms with Gasteiger partial charge in [-0.25, -0.2) is 8.78 Å². The quantitative estimate of drug-likeness (QED) is 0.783. The first-order valence-corrected chi connectivity index (χ1v) is 5.24. The van der Waals surface area contributed by atoms with Crippen molar-refractivity contribution in [2.75, 3.05) is 11.4 Å². The normalized spacial score (nSPS) is 14.9. The summed E-state index contributed by atoms with van der Waals surface area (Å²) in [7, 11) is 0. The summed E-state index contributed by atoms with van der Waals surface area (Å²) in [5.74, 6) is -1.64. The lowest BCUT2D eigenvalue weighted by Gasteiger charge is -2.16. The molecular formula is C10H6BrF2NO2. The topological polar surface area (TPSA) is 37.4 Å². The van der Waals surface area contributed by atoms with Gasteiger partial charge in [-0.05, 0) is 28.1 Å². The molecule has 0 radical (unpaired) electrons. The van der Waals surface area contributed by atoms with Crippen LogP contribution < -0.4 is 4.90 Å². The minimum absolute atomic E-state index is 0.167. The Labute approximate surface area is 98.2 Å². The Morgan fingerprint density at radius 1 is 1.31 bits per heavy atom. The second kappa shape index (κ2) is 3.93. The third-order valence-corrected chi connectivity index (χ3v) is 2.90. The summed E-state index contributed by atoms with van der Waals surface area (Å²) in [4.78, 5) is 23.8. The van der Waals surface area contributed by atoms with Gasteiger partial charge < -0.3 is 0 Å². The van der Waals surface area contributed by atoms with Crippen LogP contribution in [0.1, 0.15) is 10.4 Å². The molecule has 1 aliphatic rings. The van der Waals surface area contributed by atoms with E-state index in [9.17, 15) is 18.4 Å². The van der Waals surface area contributed by atoms with Gasteiger partial charge in [0.15, 0.2) is 0 Å². The van der Waals surface area contributed by atoms with E-state index in [1.165, 1.54) is 6.07 Å². The number of halogens is 3. The predicted molar refractivity (Wildman–Crippen MR) is 56.8 cm³/mol. The van der Waals surface area contributed by atoms with Crippen LogP contribution in [0.2, 0.25) is 0 Å². The fourth-order valence-electron chi connectivity index (χ4n) is 1.62.